The second kappa shape index (κ2) is 7.80. The summed E-state index contributed by atoms with van der Waals surface area (Å²) in [6, 6.07) is 9.94. The number of nitrogens with one attached hydrogen (secondary N) is 2. The number of hydrogen-bond acceptors (Lipinski definition) is 4. The van der Waals surface area contributed by atoms with Crippen LogP contribution in [0.1, 0.15) is 42.3 Å². The summed E-state index contributed by atoms with van der Waals surface area (Å²) < 4.78 is 0. The maximum atomic E-state index is 12.4. The Hall–Kier alpha value is -2.18. The molecule has 2 aromatic rings. The Morgan fingerprint density at radius 2 is 2.16 bits per heavy atom. The molecule has 0 bridgehead atoms. The molecule has 3 N–H and O–H groups in total. The summed E-state index contributed by atoms with van der Waals surface area (Å²) in [5, 5.41) is 20.4. The summed E-state index contributed by atoms with van der Waals surface area (Å²) in [7, 11) is 0. The molecule has 2 atom stereocenters. The van der Waals surface area contributed by atoms with E-state index in [-0.39, 0.29) is 11.9 Å². The van der Waals surface area contributed by atoms with Crippen molar-refractivity contribution >= 4 is 11.6 Å². The minimum atomic E-state index is -0.492. The van der Waals surface area contributed by atoms with Crippen LogP contribution in [-0.4, -0.2) is 45.2 Å². The Morgan fingerprint density at radius 1 is 1.40 bits per heavy atom. The molecular weight excluding hydrogens is 316 g/mol. The van der Waals surface area contributed by atoms with Crippen molar-refractivity contribution in [3.05, 3.63) is 47.3 Å². The molecule has 0 spiro atoms. The van der Waals surface area contributed by atoms with Crippen LogP contribution < -0.4 is 5.32 Å². The van der Waals surface area contributed by atoms with Gasteiger partial charge in [0.2, 0.25) is 5.91 Å². The number of aryl methyl sites for hydroxylation is 2. The number of H-pyrrole nitrogens is 1. The van der Waals surface area contributed by atoms with Crippen LogP contribution in [0.15, 0.2) is 30.3 Å². The van der Waals surface area contributed by atoms with Gasteiger partial charge in [0.05, 0.1) is 29.7 Å². The summed E-state index contributed by atoms with van der Waals surface area (Å²) >= 11 is 0. The molecule has 1 aromatic heterocycles. The predicted molar refractivity (Wildman–Crippen MR) is 97.3 cm³/mol. The van der Waals surface area contributed by atoms with Gasteiger partial charge in [0, 0.05) is 6.04 Å². The van der Waals surface area contributed by atoms with E-state index < -0.39 is 6.10 Å². The van der Waals surface area contributed by atoms with Crippen molar-refractivity contribution in [1.29, 1.82) is 0 Å². The average molecular weight is 342 g/mol. The Kier molecular flexibility index (Phi) is 5.50. The highest BCUT2D eigenvalue weighted by Gasteiger charge is 2.28. The Labute approximate surface area is 148 Å². The largest absolute Gasteiger partial charge is 0.388 e. The van der Waals surface area contributed by atoms with E-state index in [1.807, 2.05) is 44.2 Å². The standard InChI is InChI=1S/C19H26N4O2/c1-13-19(14(2)22-21-13)20-18(25)12-23-10-6-9-16(23)11-17(24)15-7-4-3-5-8-15/h3-5,7-8,16-17,24H,6,9-12H2,1-2H3,(H,20,25)(H,21,22)/t16-,17+/m0/s1. The van der Waals surface area contributed by atoms with Crippen molar-refractivity contribution in [2.75, 3.05) is 18.4 Å². The Bertz CT molecular complexity index is 694. The monoisotopic (exact) mass is 342 g/mol. The third kappa shape index (κ3) is 4.27. The molecule has 134 valence electrons. The highest BCUT2D eigenvalue weighted by atomic mass is 16.3. The number of hydrogen-bond donors (Lipinski definition) is 3. The number of aliphatic hydroxyl groups excluding tert-OH is 1. The van der Waals surface area contributed by atoms with Crippen LogP contribution in [0.3, 0.4) is 0 Å². The quantitative estimate of drug-likeness (QED) is 0.753. The fraction of sp³-hybridized carbons (Fsp3) is 0.474. The zero-order valence-electron chi connectivity index (χ0n) is 14.8. The smallest absolute Gasteiger partial charge is 0.238 e. The number of rotatable bonds is 6. The predicted octanol–water partition coefficient (Wildman–Crippen LogP) is 2.55. The van der Waals surface area contributed by atoms with Crippen LogP contribution in [0.4, 0.5) is 5.69 Å². The maximum absolute atomic E-state index is 12.4. The fourth-order valence-electron chi connectivity index (χ4n) is 3.54. The van der Waals surface area contributed by atoms with Gasteiger partial charge in [-0.25, -0.2) is 0 Å². The van der Waals surface area contributed by atoms with Crippen molar-refractivity contribution in [3.63, 3.8) is 0 Å². The Morgan fingerprint density at radius 3 is 2.84 bits per heavy atom. The fourth-order valence-corrected chi connectivity index (χ4v) is 3.54. The molecule has 1 fully saturated rings. The first-order valence-electron chi connectivity index (χ1n) is 8.83. The van der Waals surface area contributed by atoms with Crippen LogP contribution in [0.25, 0.3) is 0 Å². The van der Waals surface area contributed by atoms with E-state index >= 15 is 0 Å². The van der Waals surface area contributed by atoms with Gasteiger partial charge in [0.1, 0.15) is 0 Å². The van der Waals surface area contributed by atoms with Crippen LogP contribution >= 0.6 is 0 Å². The van der Waals surface area contributed by atoms with E-state index in [2.05, 4.69) is 20.4 Å². The number of nitrogens with zero attached hydrogens (tertiary/aromatic N) is 2. The number of aromatic nitrogens is 2. The van der Waals surface area contributed by atoms with Crippen molar-refractivity contribution in [2.45, 2.75) is 45.3 Å². The first-order chi connectivity index (χ1) is 12.0. The minimum Gasteiger partial charge on any atom is -0.388 e. The van der Waals surface area contributed by atoms with Gasteiger partial charge in [0.25, 0.3) is 0 Å². The van der Waals surface area contributed by atoms with E-state index in [0.29, 0.717) is 13.0 Å². The van der Waals surface area contributed by atoms with Gasteiger partial charge in [-0.3, -0.25) is 14.8 Å². The van der Waals surface area contributed by atoms with Crippen LogP contribution in [0.2, 0.25) is 0 Å². The van der Waals surface area contributed by atoms with Gasteiger partial charge < -0.3 is 10.4 Å². The second-order valence-electron chi connectivity index (χ2n) is 6.79. The van der Waals surface area contributed by atoms with Gasteiger partial charge in [-0.15, -0.1) is 0 Å². The lowest BCUT2D eigenvalue weighted by molar-refractivity contribution is -0.117. The molecule has 1 aromatic carbocycles. The first kappa shape index (κ1) is 17.6. The van der Waals surface area contributed by atoms with Gasteiger partial charge >= 0.3 is 0 Å². The van der Waals surface area contributed by atoms with Crippen molar-refractivity contribution in [3.8, 4) is 0 Å². The minimum absolute atomic E-state index is 0.0336. The molecule has 6 heteroatoms. The number of carbonyl (C=O) groups excluding carboxylic acids is 1. The molecule has 2 heterocycles. The van der Waals surface area contributed by atoms with E-state index in [4.69, 9.17) is 0 Å². The third-order valence-corrected chi connectivity index (χ3v) is 4.92. The molecule has 3 rings (SSSR count). The molecular formula is C19H26N4O2. The molecule has 0 saturated carbocycles. The number of aromatic amines is 1. The number of likely N-dealkylation sites (tertiary alicyclic amines) is 1. The second-order valence-corrected chi connectivity index (χ2v) is 6.79. The lowest BCUT2D eigenvalue weighted by Crippen LogP contribution is -2.37. The van der Waals surface area contributed by atoms with Crippen LogP contribution in [0, 0.1) is 13.8 Å². The van der Waals surface area contributed by atoms with Crippen LogP contribution in [-0.2, 0) is 4.79 Å². The number of carbonyl (C=O) groups is 1. The summed E-state index contributed by atoms with van der Waals surface area (Å²) in [6.07, 6.45) is 2.24. The maximum Gasteiger partial charge on any atom is 0.238 e. The molecule has 1 saturated heterocycles. The Balaban J connectivity index is 1.57. The summed E-state index contributed by atoms with van der Waals surface area (Å²) in [5.74, 6) is -0.0336. The van der Waals surface area contributed by atoms with Crippen molar-refractivity contribution < 1.29 is 9.90 Å². The molecule has 0 radical (unpaired) electrons. The van der Waals surface area contributed by atoms with E-state index in [1.54, 1.807) is 0 Å². The summed E-state index contributed by atoms with van der Waals surface area (Å²) in [6.45, 7) is 5.00. The zero-order valence-corrected chi connectivity index (χ0v) is 14.8. The number of aliphatic hydroxyl groups is 1. The molecule has 1 aliphatic rings. The number of amides is 1. The van der Waals surface area contributed by atoms with E-state index in [0.717, 1.165) is 42.0 Å². The van der Waals surface area contributed by atoms with Gasteiger partial charge in [-0.2, -0.15) is 5.10 Å². The third-order valence-electron chi connectivity index (χ3n) is 4.92. The summed E-state index contributed by atoms with van der Waals surface area (Å²) in [5.41, 5.74) is 3.36. The molecule has 0 aliphatic carbocycles. The van der Waals surface area contributed by atoms with Gasteiger partial charge in [0.15, 0.2) is 0 Å². The highest BCUT2D eigenvalue weighted by molar-refractivity contribution is 5.93. The normalized spacial score (nSPS) is 19.1. The molecule has 6 nitrogen and oxygen atoms in total. The first-order valence-corrected chi connectivity index (χ1v) is 8.83. The average Bonchev–Trinajstić information content (AvgIpc) is 3.17. The van der Waals surface area contributed by atoms with Crippen molar-refractivity contribution in [2.24, 2.45) is 0 Å². The zero-order chi connectivity index (χ0) is 17.8. The molecule has 25 heavy (non-hydrogen) atoms. The van der Waals surface area contributed by atoms with E-state index in [1.165, 1.54) is 0 Å². The molecule has 1 amide bonds. The lowest BCUT2D eigenvalue weighted by atomic mass is 10.0. The molecule has 0 unspecified atom stereocenters. The van der Waals surface area contributed by atoms with Gasteiger partial charge in [-0.1, -0.05) is 30.3 Å². The SMILES string of the molecule is Cc1n[nH]c(C)c1NC(=O)CN1CCC[C@H]1C[C@@H](O)c1ccccc1. The van der Waals surface area contributed by atoms with Crippen molar-refractivity contribution in [1.82, 2.24) is 15.1 Å². The molecule has 1 aliphatic heterocycles. The van der Waals surface area contributed by atoms with Gasteiger partial charge in [-0.05, 0) is 45.2 Å². The summed E-state index contributed by atoms with van der Waals surface area (Å²) in [4.78, 5) is 14.6. The topological polar surface area (TPSA) is 81.2 Å². The van der Waals surface area contributed by atoms with E-state index in [9.17, 15) is 9.90 Å². The highest BCUT2D eigenvalue weighted by Crippen LogP contribution is 2.27. The van der Waals surface area contributed by atoms with Crippen LogP contribution in [0.5, 0.6) is 0 Å². The lowest BCUT2D eigenvalue weighted by Gasteiger charge is -2.26. The number of anilines is 1. The number of benzene rings is 1.